The van der Waals surface area contributed by atoms with Gasteiger partial charge in [0.1, 0.15) is 11.6 Å². The Balaban J connectivity index is 1.86. The molecule has 7 nitrogen and oxygen atoms in total. The van der Waals surface area contributed by atoms with Gasteiger partial charge in [0, 0.05) is 16.1 Å². The molecule has 3 aromatic rings. The monoisotopic (exact) mass is 496 g/mol. The zero-order valence-corrected chi connectivity index (χ0v) is 19.0. The van der Waals surface area contributed by atoms with E-state index in [-0.39, 0.29) is 17.5 Å². The molecule has 1 unspecified atom stereocenters. The number of benzene rings is 2. The second kappa shape index (κ2) is 7.02. The van der Waals surface area contributed by atoms with Crippen molar-refractivity contribution >= 4 is 27.7 Å². The molecule has 164 valence electrons. The van der Waals surface area contributed by atoms with Crippen LogP contribution in [0.1, 0.15) is 42.6 Å². The quantitative estimate of drug-likeness (QED) is 0.569. The van der Waals surface area contributed by atoms with Gasteiger partial charge in [-0.15, -0.1) is 0 Å². The molecule has 1 aliphatic heterocycles. The normalized spacial score (nSPS) is 28.5. The van der Waals surface area contributed by atoms with Gasteiger partial charge in [0.25, 0.3) is 0 Å². The summed E-state index contributed by atoms with van der Waals surface area (Å²) in [5.74, 6) is -4.24. The molecular weight excluding hydrogens is 476 g/mol. The lowest BCUT2D eigenvalue weighted by Crippen LogP contribution is -2.51. The van der Waals surface area contributed by atoms with E-state index in [1.807, 2.05) is 19.9 Å². The fourth-order valence-electron chi connectivity index (χ4n) is 5.03. The first-order valence-electron chi connectivity index (χ1n) is 10.3. The smallest absolute Gasteiger partial charge is 0.311 e. The minimum absolute atomic E-state index is 0.0465. The Morgan fingerprint density at radius 2 is 1.81 bits per heavy atom. The largest absolute Gasteiger partial charge is 0.481 e. The van der Waals surface area contributed by atoms with E-state index in [1.165, 1.54) is 0 Å². The van der Waals surface area contributed by atoms with E-state index >= 15 is 0 Å². The van der Waals surface area contributed by atoms with Crippen molar-refractivity contribution < 1.29 is 24.5 Å². The van der Waals surface area contributed by atoms with Crippen LogP contribution in [0, 0.1) is 5.92 Å². The first-order chi connectivity index (χ1) is 15.2. The number of carboxylic acids is 1. The molecule has 0 saturated heterocycles. The Bertz CT molecular complexity index is 1220. The van der Waals surface area contributed by atoms with Crippen molar-refractivity contribution in [3.63, 3.8) is 0 Å². The Labute approximate surface area is 192 Å². The maximum atomic E-state index is 14.1. The van der Waals surface area contributed by atoms with Gasteiger partial charge in [-0.2, -0.15) is 5.10 Å². The van der Waals surface area contributed by atoms with Gasteiger partial charge in [0.05, 0.1) is 12.1 Å². The van der Waals surface area contributed by atoms with Crippen LogP contribution in [-0.4, -0.2) is 31.7 Å². The van der Waals surface area contributed by atoms with E-state index in [9.17, 15) is 19.8 Å². The Morgan fingerprint density at radius 3 is 2.41 bits per heavy atom. The van der Waals surface area contributed by atoms with Crippen LogP contribution in [0.2, 0.25) is 0 Å². The lowest BCUT2D eigenvalue weighted by atomic mass is 9.75. The van der Waals surface area contributed by atoms with Crippen molar-refractivity contribution in [1.29, 1.82) is 0 Å². The minimum atomic E-state index is -2.34. The summed E-state index contributed by atoms with van der Waals surface area (Å²) in [7, 11) is 0. The number of carbonyl (C=O) groups is 2. The molecule has 2 N–H and O–H groups in total. The molecular formula is C24H21BrN2O5. The molecule has 1 fully saturated rings. The van der Waals surface area contributed by atoms with Crippen LogP contribution in [0.5, 0.6) is 5.75 Å². The molecule has 5 rings (SSSR count). The molecule has 1 aliphatic carbocycles. The zero-order chi connectivity index (χ0) is 22.8. The highest BCUT2D eigenvalue weighted by Gasteiger charge is 2.77. The summed E-state index contributed by atoms with van der Waals surface area (Å²) in [5, 5.41) is 26.6. The summed E-state index contributed by atoms with van der Waals surface area (Å²) >= 11 is 3.40. The van der Waals surface area contributed by atoms with Crippen molar-refractivity contribution in [2.75, 3.05) is 0 Å². The van der Waals surface area contributed by atoms with Crippen molar-refractivity contribution in [2.45, 2.75) is 37.0 Å². The number of carboxylic acid groups (broad SMARTS) is 1. The number of aliphatic carboxylic acids is 1. The average molecular weight is 497 g/mol. The zero-order valence-electron chi connectivity index (χ0n) is 17.4. The maximum absolute atomic E-state index is 14.1. The van der Waals surface area contributed by atoms with Crippen molar-refractivity contribution in [1.82, 2.24) is 9.78 Å². The second-order valence-electron chi connectivity index (χ2n) is 8.56. The lowest BCUT2D eigenvalue weighted by molar-refractivity contribution is -0.161. The van der Waals surface area contributed by atoms with Crippen LogP contribution in [0.3, 0.4) is 0 Å². The van der Waals surface area contributed by atoms with Crippen LogP contribution in [0.15, 0.2) is 65.3 Å². The van der Waals surface area contributed by atoms with Crippen LogP contribution in [-0.2, 0) is 20.8 Å². The molecule has 8 heteroatoms. The summed E-state index contributed by atoms with van der Waals surface area (Å²) < 4.78 is 8.79. The number of rotatable bonds is 4. The van der Waals surface area contributed by atoms with Gasteiger partial charge in [-0.3, -0.25) is 14.3 Å². The number of aliphatic hydroxyl groups is 1. The molecule has 2 aromatic carbocycles. The highest BCUT2D eigenvalue weighted by Crippen LogP contribution is 2.64. The molecule has 0 amide bonds. The number of fused-ring (bicyclic) bond motifs is 4. The fourth-order valence-corrected chi connectivity index (χ4v) is 5.30. The van der Waals surface area contributed by atoms with Gasteiger partial charge in [-0.1, -0.05) is 58.4 Å². The average Bonchev–Trinajstić information content (AvgIpc) is 3.25. The molecule has 1 aromatic heterocycles. The van der Waals surface area contributed by atoms with Gasteiger partial charge < -0.3 is 14.9 Å². The van der Waals surface area contributed by atoms with Crippen LogP contribution >= 0.6 is 15.9 Å². The fraction of sp³-hybridized carbons (Fsp3) is 0.292. The predicted molar refractivity (Wildman–Crippen MR) is 118 cm³/mol. The van der Waals surface area contributed by atoms with E-state index < -0.39 is 34.8 Å². The summed E-state index contributed by atoms with van der Waals surface area (Å²) in [6.45, 7) is 3.79. The molecule has 0 radical (unpaired) electrons. The Morgan fingerprint density at radius 1 is 1.16 bits per heavy atom. The van der Waals surface area contributed by atoms with Gasteiger partial charge in [-0.25, -0.2) is 0 Å². The Hall–Kier alpha value is -2.97. The number of ketones is 1. The third kappa shape index (κ3) is 2.59. The maximum Gasteiger partial charge on any atom is 0.311 e. The molecule has 32 heavy (non-hydrogen) atoms. The number of carbonyl (C=O) groups excluding carboxylic acids is 1. The van der Waals surface area contributed by atoms with E-state index in [2.05, 4.69) is 21.0 Å². The van der Waals surface area contributed by atoms with Gasteiger partial charge in [0.15, 0.2) is 11.4 Å². The van der Waals surface area contributed by atoms with E-state index in [0.717, 1.165) is 4.47 Å². The third-order valence-electron chi connectivity index (χ3n) is 6.46. The standard InChI is InChI=1S/C24H21BrN2O5/c1-13(2)27-12-17-20(26-27)23(31)19(21(28)29)18(14-6-4-3-5-7-14)24(32-17,22(23)30)15-8-10-16(25)11-9-15/h3-13,18-19,31H,1-2H3,(H,28,29)/t18-,19-,23-,24?/m1/s1. The highest BCUT2D eigenvalue weighted by atomic mass is 79.9. The molecule has 0 spiro atoms. The predicted octanol–water partition coefficient (Wildman–Crippen LogP) is 3.77. The number of halogens is 1. The number of hydrogen-bond donors (Lipinski definition) is 2. The van der Waals surface area contributed by atoms with Crippen molar-refractivity contribution in [3.05, 3.63) is 82.1 Å². The van der Waals surface area contributed by atoms with Crippen LogP contribution in [0.4, 0.5) is 0 Å². The first-order valence-corrected chi connectivity index (χ1v) is 11.1. The number of hydrogen-bond acceptors (Lipinski definition) is 5. The molecule has 2 heterocycles. The van der Waals surface area contributed by atoms with Gasteiger partial charge in [0.2, 0.25) is 11.4 Å². The van der Waals surface area contributed by atoms with Crippen molar-refractivity contribution in [2.24, 2.45) is 5.92 Å². The second-order valence-corrected chi connectivity index (χ2v) is 9.48. The number of nitrogens with zero attached hydrogens (tertiary/aromatic N) is 2. The van der Waals surface area contributed by atoms with E-state index in [1.54, 1.807) is 59.4 Å². The van der Waals surface area contributed by atoms with Gasteiger partial charge in [-0.05, 0) is 31.5 Å². The number of aromatic nitrogens is 2. The topological polar surface area (TPSA) is 102 Å². The number of ether oxygens (including phenoxy) is 1. The summed E-state index contributed by atoms with van der Waals surface area (Å²) in [6, 6.07) is 15.8. The van der Waals surface area contributed by atoms with Crippen LogP contribution < -0.4 is 4.74 Å². The Kier molecular flexibility index (Phi) is 4.58. The van der Waals surface area contributed by atoms with Crippen LogP contribution in [0.25, 0.3) is 0 Å². The lowest BCUT2D eigenvalue weighted by Gasteiger charge is -2.37. The van der Waals surface area contributed by atoms with Crippen molar-refractivity contribution in [3.8, 4) is 5.75 Å². The number of Topliss-reactive ketones (excluding diaryl/α,β-unsaturated/α-hetero) is 1. The highest BCUT2D eigenvalue weighted by molar-refractivity contribution is 9.10. The summed E-state index contributed by atoms with van der Waals surface area (Å²) in [5.41, 5.74) is -3.04. The SMILES string of the molecule is CC(C)n1cc2c(n1)[C@@]1(O)C(=O)C(c3ccc(Br)cc3)(O2)[C@H](c2ccccc2)[C@@H]1C(=O)O. The molecule has 1 saturated carbocycles. The van der Waals surface area contributed by atoms with E-state index in [0.29, 0.717) is 11.1 Å². The molecule has 2 bridgehead atoms. The first kappa shape index (κ1) is 20.9. The molecule has 4 atom stereocenters. The third-order valence-corrected chi connectivity index (χ3v) is 6.99. The van der Waals surface area contributed by atoms with E-state index in [4.69, 9.17) is 4.74 Å². The molecule has 2 aliphatic rings. The minimum Gasteiger partial charge on any atom is -0.481 e. The summed E-state index contributed by atoms with van der Waals surface area (Å²) in [4.78, 5) is 26.7. The summed E-state index contributed by atoms with van der Waals surface area (Å²) in [6.07, 6.45) is 1.62. The van der Waals surface area contributed by atoms with Gasteiger partial charge >= 0.3 is 5.97 Å².